The Bertz CT molecular complexity index is 337. The summed E-state index contributed by atoms with van der Waals surface area (Å²) in [6.07, 6.45) is 9.60. The number of amidine groups is 1. The van der Waals surface area contributed by atoms with Crippen molar-refractivity contribution in [2.75, 3.05) is 5.75 Å². The van der Waals surface area contributed by atoms with Crippen molar-refractivity contribution in [1.82, 2.24) is 5.32 Å². The second-order valence-electron chi connectivity index (χ2n) is 6.94. The normalized spacial score (nSPS) is 41.4. The molecule has 1 N–H and O–H groups in total. The molecular formula is C15H26N2S. The zero-order valence-corrected chi connectivity index (χ0v) is 12.6. The highest BCUT2D eigenvalue weighted by atomic mass is 32.2. The van der Waals surface area contributed by atoms with Gasteiger partial charge in [-0.3, -0.25) is 4.99 Å². The maximum absolute atomic E-state index is 5.05. The number of hydrogen-bond donors (Lipinski definition) is 1. The van der Waals surface area contributed by atoms with Gasteiger partial charge in [0.05, 0.1) is 6.04 Å². The van der Waals surface area contributed by atoms with Crippen LogP contribution in [0.2, 0.25) is 0 Å². The molecule has 1 heterocycles. The highest BCUT2D eigenvalue weighted by Crippen LogP contribution is 2.40. The van der Waals surface area contributed by atoms with Crippen molar-refractivity contribution in [3.63, 3.8) is 0 Å². The van der Waals surface area contributed by atoms with Gasteiger partial charge in [0.15, 0.2) is 5.17 Å². The van der Waals surface area contributed by atoms with E-state index in [1.54, 1.807) is 0 Å². The van der Waals surface area contributed by atoms with Crippen LogP contribution >= 0.6 is 11.8 Å². The average molecular weight is 266 g/mol. The molecule has 3 unspecified atom stereocenters. The first-order valence-electron chi connectivity index (χ1n) is 7.62. The molecule has 2 saturated carbocycles. The molecule has 102 valence electrons. The average Bonchev–Trinajstić information content (AvgIpc) is 2.69. The van der Waals surface area contributed by atoms with Gasteiger partial charge in [0, 0.05) is 11.8 Å². The van der Waals surface area contributed by atoms with Gasteiger partial charge in [-0.05, 0) is 37.0 Å². The van der Waals surface area contributed by atoms with E-state index in [0.717, 1.165) is 12.0 Å². The molecule has 0 aromatic rings. The predicted molar refractivity (Wildman–Crippen MR) is 80.2 cm³/mol. The monoisotopic (exact) mass is 266 g/mol. The van der Waals surface area contributed by atoms with E-state index in [1.165, 1.54) is 55.9 Å². The van der Waals surface area contributed by atoms with Crippen LogP contribution in [0.25, 0.3) is 0 Å². The molecule has 0 aromatic carbocycles. The summed E-state index contributed by atoms with van der Waals surface area (Å²) in [6.45, 7) is 4.76. The first-order valence-corrected chi connectivity index (χ1v) is 8.61. The van der Waals surface area contributed by atoms with Crippen LogP contribution in [0.1, 0.15) is 58.8 Å². The second-order valence-corrected chi connectivity index (χ2v) is 7.95. The van der Waals surface area contributed by atoms with Gasteiger partial charge < -0.3 is 5.32 Å². The molecule has 3 fully saturated rings. The van der Waals surface area contributed by atoms with Gasteiger partial charge in [-0.25, -0.2) is 0 Å². The molecule has 3 rings (SSSR count). The lowest BCUT2D eigenvalue weighted by molar-refractivity contribution is 0.307. The molecule has 2 nitrogen and oxygen atoms in total. The third-order valence-corrected chi connectivity index (χ3v) is 6.22. The summed E-state index contributed by atoms with van der Waals surface area (Å²) in [5.41, 5.74) is 0.415. The van der Waals surface area contributed by atoms with Crippen LogP contribution in [0.15, 0.2) is 4.99 Å². The Morgan fingerprint density at radius 3 is 2.78 bits per heavy atom. The molecule has 0 bridgehead atoms. The SMILES string of the molecule is CC1(C)CCCC1N=C1NC2CCCCC2CS1. The van der Waals surface area contributed by atoms with E-state index in [9.17, 15) is 0 Å². The van der Waals surface area contributed by atoms with Crippen molar-refractivity contribution < 1.29 is 0 Å². The summed E-state index contributed by atoms with van der Waals surface area (Å²) in [5, 5.41) is 4.98. The molecule has 0 aromatic heterocycles. The van der Waals surface area contributed by atoms with Crippen LogP contribution in [-0.2, 0) is 0 Å². The Morgan fingerprint density at radius 2 is 2.00 bits per heavy atom. The summed E-state index contributed by atoms with van der Waals surface area (Å²) in [5.74, 6) is 2.20. The standard InChI is InChI=1S/C15H26N2S/c1-15(2)9-5-8-13(15)17-14-16-12-7-4-3-6-11(12)10-18-14/h11-13H,3-10H2,1-2H3,(H,16,17). The van der Waals surface area contributed by atoms with Gasteiger partial charge in [0.25, 0.3) is 0 Å². The van der Waals surface area contributed by atoms with Crippen LogP contribution in [0, 0.1) is 11.3 Å². The zero-order valence-electron chi connectivity index (χ0n) is 11.7. The van der Waals surface area contributed by atoms with E-state index in [-0.39, 0.29) is 0 Å². The van der Waals surface area contributed by atoms with Crippen molar-refractivity contribution in [3.8, 4) is 0 Å². The molecule has 1 aliphatic heterocycles. The quantitative estimate of drug-likeness (QED) is 0.780. The highest BCUT2D eigenvalue weighted by molar-refractivity contribution is 8.13. The topological polar surface area (TPSA) is 24.4 Å². The minimum Gasteiger partial charge on any atom is -0.362 e. The lowest BCUT2D eigenvalue weighted by Gasteiger charge is -2.37. The van der Waals surface area contributed by atoms with Crippen molar-refractivity contribution in [2.24, 2.45) is 16.3 Å². The Balaban J connectivity index is 1.66. The molecule has 3 aliphatic rings. The van der Waals surface area contributed by atoms with Gasteiger partial charge in [-0.2, -0.15) is 0 Å². The number of nitrogens with one attached hydrogen (secondary N) is 1. The van der Waals surface area contributed by atoms with E-state index in [1.807, 2.05) is 11.8 Å². The third kappa shape index (κ3) is 2.56. The van der Waals surface area contributed by atoms with Crippen molar-refractivity contribution >= 4 is 16.9 Å². The van der Waals surface area contributed by atoms with E-state index >= 15 is 0 Å². The van der Waals surface area contributed by atoms with Crippen LogP contribution in [0.3, 0.4) is 0 Å². The Kier molecular flexibility index (Phi) is 3.61. The molecule has 3 atom stereocenters. The van der Waals surface area contributed by atoms with Gasteiger partial charge in [-0.1, -0.05) is 44.9 Å². The number of fused-ring (bicyclic) bond motifs is 1. The molecule has 0 amide bonds. The Morgan fingerprint density at radius 1 is 1.17 bits per heavy atom. The summed E-state index contributed by atoms with van der Waals surface area (Å²) >= 11 is 1.98. The van der Waals surface area contributed by atoms with E-state index in [4.69, 9.17) is 4.99 Å². The molecular weight excluding hydrogens is 240 g/mol. The Hall–Kier alpha value is -0.180. The van der Waals surface area contributed by atoms with Crippen LogP contribution in [0.5, 0.6) is 0 Å². The van der Waals surface area contributed by atoms with Gasteiger partial charge in [0.2, 0.25) is 0 Å². The van der Waals surface area contributed by atoms with Crippen molar-refractivity contribution in [3.05, 3.63) is 0 Å². The molecule has 1 saturated heterocycles. The number of rotatable bonds is 1. The summed E-state index contributed by atoms with van der Waals surface area (Å²) in [4.78, 5) is 5.05. The summed E-state index contributed by atoms with van der Waals surface area (Å²) < 4.78 is 0. The summed E-state index contributed by atoms with van der Waals surface area (Å²) in [6, 6.07) is 1.27. The van der Waals surface area contributed by atoms with E-state index in [2.05, 4.69) is 19.2 Å². The predicted octanol–water partition coefficient (Wildman–Crippen LogP) is 3.82. The zero-order chi connectivity index (χ0) is 12.6. The Labute approximate surface area is 115 Å². The minimum absolute atomic E-state index is 0.415. The fraction of sp³-hybridized carbons (Fsp3) is 0.933. The maximum Gasteiger partial charge on any atom is 0.157 e. The van der Waals surface area contributed by atoms with E-state index < -0.39 is 0 Å². The molecule has 2 aliphatic carbocycles. The fourth-order valence-corrected chi connectivity index (χ4v) is 4.95. The van der Waals surface area contributed by atoms with Gasteiger partial charge in [-0.15, -0.1) is 0 Å². The maximum atomic E-state index is 5.05. The first kappa shape index (κ1) is 12.8. The van der Waals surface area contributed by atoms with Gasteiger partial charge in [0.1, 0.15) is 0 Å². The summed E-state index contributed by atoms with van der Waals surface area (Å²) in [7, 11) is 0. The van der Waals surface area contributed by atoms with Crippen LogP contribution in [-0.4, -0.2) is 23.0 Å². The van der Waals surface area contributed by atoms with Crippen LogP contribution < -0.4 is 5.32 Å². The van der Waals surface area contributed by atoms with Crippen molar-refractivity contribution in [1.29, 1.82) is 0 Å². The third-order valence-electron chi connectivity index (χ3n) is 5.13. The lowest BCUT2D eigenvalue weighted by atomic mass is 9.86. The number of aliphatic imine (C=N–C) groups is 1. The fourth-order valence-electron chi connectivity index (χ4n) is 3.75. The minimum atomic E-state index is 0.415. The first-order chi connectivity index (χ1) is 8.65. The smallest absolute Gasteiger partial charge is 0.157 e. The highest BCUT2D eigenvalue weighted by Gasteiger charge is 2.36. The number of thioether (sulfide) groups is 1. The molecule has 0 spiro atoms. The number of nitrogens with zero attached hydrogens (tertiary/aromatic N) is 1. The van der Waals surface area contributed by atoms with Crippen LogP contribution in [0.4, 0.5) is 0 Å². The largest absolute Gasteiger partial charge is 0.362 e. The molecule has 18 heavy (non-hydrogen) atoms. The second kappa shape index (κ2) is 5.07. The molecule has 3 heteroatoms. The van der Waals surface area contributed by atoms with Crippen molar-refractivity contribution in [2.45, 2.75) is 70.9 Å². The number of hydrogen-bond acceptors (Lipinski definition) is 2. The van der Waals surface area contributed by atoms with Gasteiger partial charge >= 0.3 is 0 Å². The molecule has 0 radical (unpaired) electrons. The van der Waals surface area contributed by atoms with E-state index in [0.29, 0.717) is 11.5 Å². The lowest BCUT2D eigenvalue weighted by Crippen LogP contribution is -2.46.